The van der Waals surface area contributed by atoms with Gasteiger partial charge in [0.05, 0.1) is 0 Å². The maximum absolute atomic E-state index is 4.08. The van der Waals surface area contributed by atoms with Gasteiger partial charge in [-0.25, -0.2) is 0 Å². The van der Waals surface area contributed by atoms with Crippen molar-refractivity contribution < 1.29 is 0 Å². The minimum atomic E-state index is 1.07. The zero-order chi connectivity index (χ0) is 11.3. The molecule has 15 heavy (non-hydrogen) atoms. The van der Waals surface area contributed by atoms with Gasteiger partial charge in [-0.1, -0.05) is 31.7 Å². The lowest BCUT2D eigenvalue weighted by atomic mass is 10.2. The van der Waals surface area contributed by atoms with Crippen molar-refractivity contribution in [2.75, 3.05) is 32.7 Å². The van der Waals surface area contributed by atoms with E-state index in [1.165, 1.54) is 0 Å². The van der Waals surface area contributed by atoms with Crippen LogP contribution in [-0.4, -0.2) is 42.5 Å². The molecule has 0 radical (unpaired) electrons. The van der Waals surface area contributed by atoms with Gasteiger partial charge in [-0.3, -0.25) is 0 Å². The molecule has 0 bridgehead atoms. The third-order valence-electron chi connectivity index (χ3n) is 2.79. The molecule has 2 nitrogen and oxygen atoms in total. The quantitative estimate of drug-likeness (QED) is 0.651. The topological polar surface area (TPSA) is 6.48 Å². The monoisotopic (exact) mass is 206 g/mol. The highest BCUT2D eigenvalue weighted by Crippen LogP contribution is 2.09. The van der Waals surface area contributed by atoms with Gasteiger partial charge < -0.3 is 9.80 Å². The molecule has 1 aliphatic heterocycles. The molecular weight excluding hydrogens is 184 g/mol. The maximum Gasteiger partial charge on any atom is 0.0306 e. The first-order valence-corrected chi connectivity index (χ1v) is 5.63. The summed E-state index contributed by atoms with van der Waals surface area (Å²) >= 11 is 0. The predicted octanol–water partition coefficient (Wildman–Crippen LogP) is 2.27. The van der Waals surface area contributed by atoms with E-state index in [0.29, 0.717) is 0 Å². The van der Waals surface area contributed by atoms with Crippen LogP contribution in [0.2, 0.25) is 0 Å². The van der Waals surface area contributed by atoms with E-state index in [4.69, 9.17) is 0 Å². The zero-order valence-electron chi connectivity index (χ0n) is 10.00. The molecule has 1 saturated heterocycles. The average Bonchev–Trinajstić information content (AvgIpc) is 2.26. The smallest absolute Gasteiger partial charge is 0.0306 e. The number of likely N-dealkylation sites (N-methyl/N-ethyl adjacent to an activating group) is 1. The Balaban J connectivity index is 2.39. The Morgan fingerprint density at radius 2 is 1.73 bits per heavy atom. The van der Waals surface area contributed by atoms with Crippen LogP contribution in [0.4, 0.5) is 0 Å². The van der Waals surface area contributed by atoms with Gasteiger partial charge in [0.15, 0.2) is 0 Å². The fraction of sp³-hybridized carbons (Fsp3) is 0.538. The molecule has 1 heterocycles. The molecule has 0 atom stereocenters. The number of allylic oxidation sites excluding steroid dienone is 3. The van der Waals surface area contributed by atoms with Crippen LogP contribution in [0, 0.1) is 0 Å². The summed E-state index contributed by atoms with van der Waals surface area (Å²) < 4.78 is 0. The van der Waals surface area contributed by atoms with Crippen LogP contribution >= 0.6 is 0 Å². The Morgan fingerprint density at radius 3 is 2.20 bits per heavy atom. The Morgan fingerprint density at radius 1 is 1.13 bits per heavy atom. The molecule has 0 aromatic heterocycles. The Hall–Kier alpha value is -1.02. The normalized spacial score (nSPS) is 18.4. The van der Waals surface area contributed by atoms with Crippen molar-refractivity contribution in [3.8, 4) is 0 Å². The molecule has 1 rings (SSSR count). The standard InChI is InChI=1S/C13H22N2/c1-5-14-8-10-15(11-9-14)13(4)7-6-12(2)3/h6-7H,2,4-5,8-11H2,1,3H3/b7-6-. The molecule has 0 aromatic rings. The van der Waals surface area contributed by atoms with Gasteiger partial charge in [-0.15, -0.1) is 0 Å². The molecule has 0 aliphatic carbocycles. The summed E-state index contributed by atoms with van der Waals surface area (Å²) in [4.78, 5) is 4.80. The van der Waals surface area contributed by atoms with Crippen molar-refractivity contribution in [3.05, 3.63) is 36.6 Å². The average molecular weight is 206 g/mol. The molecule has 1 fully saturated rings. The molecule has 0 N–H and O–H groups in total. The van der Waals surface area contributed by atoms with Crippen LogP contribution < -0.4 is 0 Å². The largest absolute Gasteiger partial charge is 0.369 e. The maximum atomic E-state index is 4.08. The van der Waals surface area contributed by atoms with Crippen LogP contribution in [0.5, 0.6) is 0 Å². The first-order valence-electron chi connectivity index (χ1n) is 5.63. The third-order valence-corrected chi connectivity index (χ3v) is 2.79. The Labute approximate surface area is 93.6 Å². The van der Waals surface area contributed by atoms with Crippen molar-refractivity contribution >= 4 is 0 Å². The minimum absolute atomic E-state index is 1.07. The molecule has 0 saturated carbocycles. The first kappa shape index (κ1) is 12.1. The molecule has 0 unspecified atom stereocenters. The van der Waals surface area contributed by atoms with E-state index >= 15 is 0 Å². The molecular formula is C13H22N2. The van der Waals surface area contributed by atoms with Gasteiger partial charge in [0, 0.05) is 31.9 Å². The Bertz CT molecular complexity index is 258. The van der Waals surface area contributed by atoms with Crippen LogP contribution in [-0.2, 0) is 0 Å². The molecule has 0 amide bonds. The Kier molecular flexibility index (Phi) is 4.63. The van der Waals surface area contributed by atoms with Crippen LogP contribution in [0.1, 0.15) is 13.8 Å². The summed E-state index contributed by atoms with van der Waals surface area (Å²) in [5.41, 5.74) is 2.18. The van der Waals surface area contributed by atoms with Gasteiger partial charge in [0.2, 0.25) is 0 Å². The second kappa shape index (κ2) is 5.76. The zero-order valence-corrected chi connectivity index (χ0v) is 10.00. The highest BCUT2D eigenvalue weighted by atomic mass is 15.3. The second-order valence-corrected chi connectivity index (χ2v) is 4.09. The van der Waals surface area contributed by atoms with E-state index in [1.807, 2.05) is 13.0 Å². The highest BCUT2D eigenvalue weighted by molar-refractivity contribution is 5.22. The SMILES string of the molecule is C=C(C)/C=C\C(=C)N1CCN(CC)CC1. The van der Waals surface area contributed by atoms with Crippen molar-refractivity contribution in [3.63, 3.8) is 0 Å². The van der Waals surface area contributed by atoms with E-state index in [0.717, 1.165) is 44.0 Å². The number of hydrogen-bond donors (Lipinski definition) is 0. The third kappa shape index (κ3) is 3.92. The molecule has 2 heteroatoms. The summed E-state index contributed by atoms with van der Waals surface area (Å²) in [7, 11) is 0. The lowest BCUT2D eigenvalue weighted by Gasteiger charge is -2.35. The van der Waals surface area contributed by atoms with Crippen molar-refractivity contribution in [1.82, 2.24) is 9.80 Å². The first-order chi connectivity index (χ1) is 7.13. The number of piperazine rings is 1. The van der Waals surface area contributed by atoms with Gasteiger partial charge in [0.1, 0.15) is 0 Å². The summed E-state index contributed by atoms with van der Waals surface area (Å²) in [6.45, 7) is 17.8. The lowest BCUT2D eigenvalue weighted by Crippen LogP contribution is -2.45. The highest BCUT2D eigenvalue weighted by Gasteiger charge is 2.14. The summed E-state index contributed by atoms with van der Waals surface area (Å²) in [5, 5.41) is 0. The van der Waals surface area contributed by atoms with Crippen LogP contribution in [0.15, 0.2) is 36.6 Å². The summed E-state index contributed by atoms with van der Waals surface area (Å²) in [6, 6.07) is 0. The van der Waals surface area contributed by atoms with Crippen molar-refractivity contribution in [1.29, 1.82) is 0 Å². The van der Waals surface area contributed by atoms with E-state index < -0.39 is 0 Å². The van der Waals surface area contributed by atoms with Crippen molar-refractivity contribution in [2.24, 2.45) is 0 Å². The van der Waals surface area contributed by atoms with Gasteiger partial charge in [0.25, 0.3) is 0 Å². The minimum Gasteiger partial charge on any atom is -0.369 e. The summed E-state index contributed by atoms with van der Waals surface area (Å²) in [5.74, 6) is 0. The molecule has 0 aromatic carbocycles. The van der Waals surface area contributed by atoms with Crippen molar-refractivity contribution in [2.45, 2.75) is 13.8 Å². The molecule has 84 valence electrons. The van der Waals surface area contributed by atoms with Crippen LogP contribution in [0.25, 0.3) is 0 Å². The van der Waals surface area contributed by atoms with E-state index in [-0.39, 0.29) is 0 Å². The van der Waals surface area contributed by atoms with E-state index in [9.17, 15) is 0 Å². The van der Waals surface area contributed by atoms with E-state index in [2.05, 4.69) is 36.0 Å². The van der Waals surface area contributed by atoms with Gasteiger partial charge in [-0.05, 0) is 19.5 Å². The fourth-order valence-corrected chi connectivity index (χ4v) is 1.70. The fourth-order valence-electron chi connectivity index (χ4n) is 1.70. The number of nitrogens with zero attached hydrogens (tertiary/aromatic N) is 2. The van der Waals surface area contributed by atoms with Crippen LogP contribution in [0.3, 0.4) is 0 Å². The number of hydrogen-bond acceptors (Lipinski definition) is 2. The number of rotatable bonds is 4. The molecule has 0 spiro atoms. The second-order valence-electron chi connectivity index (χ2n) is 4.09. The predicted molar refractivity (Wildman–Crippen MR) is 66.8 cm³/mol. The summed E-state index contributed by atoms with van der Waals surface area (Å²) in [6.07, 6.45) is 4.08. The van der Waals surface area contributed by atoms with E-state index in [1.54, 1.807) is 0 Å². The van der Waals surface area contributed by atoms with Gasteiger partial charge in [-0.2, -0.15) is 0 Å². The van der Waals surface area contributed by atoms with Gasteiger partial charge >= 0.3 is 0 Å². The lowest BCUT2D eigenvalue weighted by molar-refractivity contribution is 0.169. The molecule has 1 aliphatic rings.